The van der Waals surface area contributed by atoms with Crippen molar-refractivity contribution in [3.8, 4) is 0 Å². The molecule has 1 N–H and O–H groups in total. The quantitative estimate of drug-likeness (QED) is 0.425. The molecule has 0 saturated carbocycles. The number of nitrogens with zero attached hydrogens (tertiary/aromatic N) is 2. The molecule has 1 fully saturated rings. The van der Waals surface area contributed by atoms with Gasteiger partial charge in [-0.05, 0) is 30.9 Å². The summed E-state index contributed by atoms with van der Waals surface area (Å²) in [5.41, 5.74) is 2.10. The Morgan fingerprint density at radius 3 is 1.82 bits per heavy atom. The maximum absolute atomic E-state index is 10.2. The van der Waals surface area contributed by atoms with Crippen molar-refractivity contribution < 1.29 is 28.8 Å². The first-order chi connectivity index (χ1) is 19.0. The number of aliphatic hydroxyl groups excluding tert-OH is 1. The van der Waals surface area contributed by atoms with Gasteiger partial charge < -0.3 is 28.8 Å². The van der Waals surface area contributed by atoms with Crippen LogP contribution in [0.1, 0.15) is 45.2 Å². The molecule has 0 radical (unpaired) electrons. The van der Waals surface area contributed by atoms with Gasteiger partial charge in [0.1, 0.15) is 30.4 Å². The summed E-state index contributed by atoms with van der Waals surface area (Å²) in [6, 6.07) is 19.4. The van der Waals surface area contributed by atoms with Crippen LogP contribution >= 0.6 is 0 Å². The molecule has 0 amide bonds. The fourth-order valence-electron chi connectivity index (χ4n) is 5.00. The second-order valence-electron chi connectivity index (χ2n) is 10.2. The molecule has 2 aromatic carbocycles. The van der Waals surface area contributed by atoms with Gasteiger partial charge in [0.2, 0.25) is 11.8 Å². The number of hydrogen-bond donors (Lipinski definition) is 1. The lowest BCUT2D eigenvalue weighted by Gasteiger charge is -2.30. The van der Waals surface area contributed by atoms with Gasteiger partial charge >= 0.3 is 0 Å². The van der Waals surface area contributed by atoms with E-state index in [1.54, 1.807) is 0 Å². The molecule has 2 aromatic rings. The fraction of sp³-hybridized carbons (Fsp3) is 0.548. The Morgan fingerprint density at radius 2 is 1.31 bits per heavy atom. The molecule has 0 bridgehead atoms. The molecule has 2 heterocycles. The number of ether oxygens (including phenoxy) is 5. The van der Waals surface area contributed by atoms with Crippen molar-refractivity contribution in [1.82, 2.24) is 0 Å². The first-order valence-electron chi connectivity index (χ1n) is 14.0. The summed E-state index contributed by atoms with van der Waals surface area (Å²) in [6.07, 6.45) is -1.36. The number of aliphatic imine (C=N–C) groups is 2. The number of benzene rings is 2. The molecule has 2 aliphatic rings. The SMILES string of the molecule is CCOC1=N[C@H](C(C)C)C(OCC)=N[C@H]1C[C@H]1O[C@H](CO)[C@@H](OCc2ccccc2)[C@@H]1OCc1ccccc1. The van der Waals surface area contributed by atoms with Crippen molar-refractivity contribution in [3.63, 3.8) is 0 Å². The van der Waals surface area contributed by atoms with Gasteiger partial charge in [0.05, 0.1) is 39.1 Å². The average molecular weight is 539 g/mol. The van der Waals surface area contributed by atoms with E-state index in [1.807, 2.05) is 74.5 Å². The molecule has 212 valence electrons. The van der Waals surface area contributed by atoms with Crippen LogP contribution in [0.2, 0.25) is 0 Å². The predicted molar refractivity (Wildman–Crippen MR) is 151 cm³/mol. The zero-order valence-electron chi connectivity index (χ0n) is 23.4. The fourth-order valence-corrected chi connectivity index (χ4v) is 5.00. The summed E-state index contributed by atoms with van der Waals surface area (Å²) in [7, 11) is 0. The van der Waals surface area contributed by atoms with E-state index in [9.17, 15) is 5.11 Å². The van der Waals surface area contributed by atoms with Crippen molar-refractivity contribution >= 4 is 11.8 Å². The van der Waals surface area contributed by atoms with E-state index < -0.39 is 24.4 Å². The maximum atomic E-state index is 10.2. The summed E-state index contributed by atoms with van der Waals surface area (Å²) in [5.74, 6) is 1.42. The third-order valence-electron chi connectivity index (χ3n) is 6.92. The van der Waals surface area contributed by atoms with Crippen LogP contribution in [0.15, 0.2) is 70.6 Å². The third kappa shape index (κ3) is 7.66. The highest BCUT2D eigenvalue weighted by molar-refractivity contribution is 5.94. The molecule has 1 saturated heterocycles. The van der Waals surface area contributed by atoms with Crippen molar-refractivity contribution in [2.75, 3.05) is 19.8 Å². The van der Waals surface area contributed by atoms with Gasteiger partial charge in [-0.2, -0.15) is 0 Å². The summed E-state index contributed by atoms with van der Waals surface area (Å²) < 4.78 is 31.1. The van der Waals surface area contributed by atoms with Crippen molar-refractivity contribution in [2.45, 2.75) is 83.8 Å². The van der Waals surface area contributed by atoms with Crippen LogP contribution in [0.25, 0.3) is 0 Å². The standard InChI is InChI=1S/C31H42N2O6/c1-5-35-30-24(32-31(36-6-2)27(33-30)21(3)4)17-25-28(37-19-22-13-9-7-10-14-22)29(26(18-34)39-25)38-20-23-15-11-8-12-16-23/h7-16,21,24-29,34H,5-6,17-20H2,1-4H3/t24-,25+,26+,27+,28+,29+/m0/s1. The second-order valence-corrected chi connectivity index (χ2v) is 10.2. The molecular weight excluding hydrogens is 496 g/mol. The number of rotatable bonds is 12. The minimum Gasteiger partial charge on any atom is -0.480 e. The van der Waals surface area contributed by atoms with Crippen molar-refractivity contribution in [2.24, 2.45) is 15.9 Å². The normalized spacial score (nSPS) is 26.8. The molecule has 0 aliphatic carbocycles. The summed E-state index contributed by atoms with van der Waals surface area (Å²) in [6.45, 7) is 9.70. The van der Waals surface area contributed by atoms with E-state index >= 15 is 0 Å². The summed E-state index contributed by atoms with van der Waals surface area (Å²) in [4.78, 5) is 9.87. The Morgan fingerprint density at radius 1 is 0.769 bits per heavy atom. The minimum absolute atomic E-state index is 0.179. The average Bonchev–Trinajstić information content (AvgIpc) is 3.29. The van der Waals surface area contributed by atoms with Crippen LogP contribution in [-0.2, 0) is 36.9 Å². The van der Waals surface area contributed by atoms with Crippen LogP contribution in [-0.4, -0.2) is 73.2 Å². The molecule has 39 heavy (non-hydrogen) atoms. The highest BCUT2D eigenvalue weighted by atomic mass is 16.6. The molecular formula is C31H42N2O6. The van der Waals surface area contributed by atoms with Crippen LogP contribution in [0.3, 0.4) is 0 Å². The Labute approximate surface area is 232 Å². The lowest BCUT2D eigenvalue weighted by molar-refractivity contribution is -0.0836. The van der Waals surface area contributed by atoms with E-state index in [1.165, 1.54) is 0 Å². The van der Waals surface area contributed by atoms with Gasteiger partial charge in [-0.25, -0.2) is 9.98 Å². The van der Waals surface area contributed by atoms with E-state index in [0.717, 1.165) is 11.1 Å². The van der Waals surface area contributed by atoms with E-state index in [4.69, 9.17) is 33.7 Å². The van der Waals surface area contributed by atoms with Gasteiger partial charge in [0, 0.05) is 6.42 Å². The van der Waals surface area contributed by atoms with Gasteiger partial charge in [-0.1, -0.05) is 74.5 Å². The van der Waals surface area contributed by atoms with E-state index in [2.05, 4.69) is 13.8 Å². The van der Waals surface area contributed by atoms with Gasteiger partial charge in [0.25, 0.3) is 0 Å². The lowest BCUT2D eigenvalue weighted by atomic mass is 9.98. The van der Waals surface area contributed by atoms with Gasteiger partial charge in [-0.15, -0.1) is 0 Å². The Bertz CT molecular complexity index is 1060. The second kappa shape index (κ2) is 14.6. The first kappa shape index (κ1) is 29.2. The highest BCUT2D eigenvalue weighted by Crippen LogP contribution is 2.33. The molecule has 8 nitrogen and oxygen atoms in total. The monoisotopic (exact) mass is 538 g/mol. The van der Waals surface area contributed by atoms with Crippen molar-refractivity contribution in [1.29, 1.82) is 0 Å². The molecule has 0 aromatic heterocycles. The minimum atomic E-state index is -0.533. The van der Waals surface area contributed by atoms with Crippen molar-refractivity contribution in [3.05, 3.63) is 71.8 Å². The van der Waals surface area contributed by atoms with Crippen LogP contribution in [0.4, 0.5) is 0 Å². The molecule has 4 rings (SSSR count). The zero-order chi connectivity index (χ0) is 27.6. The lowest BCUT2D eigenvalue weighted by Crippen LogP contribution is -2.42. The largest absolute Gasteiger partial charge is 0.480 e. The van der Waals surface area contributed by atoms with E-state index in [0.29, 0.717) is 44.6 Å². The van der Waals surface area contributed by atoms with Gasteiger partial charge in [-0.3, -0.25) is 0 Å². The first-order valence-corrected chi connectivity index (χ1v) is 14.0. The maximum Gasteiger partial charge on any atom is 0.210 e. The molecule has 8 heteroatoms. The highest BCUT2D eigenvalue weighted by Gasteiger charge is 2.48. The number of hydrogen-bond acceptors (Lipinski definition) is 8. The Hall–Kier alpha value is -2.78. The van der Waals surface area contributed by atoms with Gasteiger partial charge in [0.15, 0.2) is 0 Å². The summed E-state index contributed by atoms with van der Waals surface area (Å²) >= 11 is 0. The number of aliphatic hydroxyl groups is 1. The molecule has 0 spiro atoms. The van der Waals surface area contributed by atoms with E-state index in [-0.39, 0.29) is 24.6 Å². The third-order valence-corrected chi connectivity index (χ3v) is 6.92. The van der Waals surface area contributed by atoms with Crippen LogP contribution < -0.4 is 0 Å². The van der Waals surface area contributed by atoms with Crippen LogP contribution in [0.5, 0.6) is 0 Å². The molecule has 0 unspecified atom stereocenters. The topological polar surface area (TPSA) is 91.1 Å². The Kier molecular flexibility index (Phi) is 10.9. The van der Waals surface area contributed by atoms with Crippen LogP contribution in [0, 0.1) is 5.92 Å². The Balaban J connectivity index is 1.58. The summed E-state index contributed by atoms with van der Waals surface area (Å²) in [5, 5.41) is 10.2. The smallest absolute Gasteiger partial charge is 0.210 e. The molecule has 2 aliphatic heterocycles. The predicted octanol–water partition coefficient (Wildman–Crippen LogP) is 4.58. The molecule has 6 atom stereocenters. The zero-order valence-corrected chi connectivity index (χ0v) is 23.4.